The van der Waals surface area contributed by atoms with Crippen molar-refractivity contribution in [3.63, 3.8) is 0 Å². The summed E-state index contributed by atoms with van der Waals surface area (Å²) in [6, 6.07) is 9.32. The highest BCUT2D eigenvalue weighted by atomic mass is 16.5. The Bertz CT molecular complexity index is 940. The van der Waals surface area contributed by atoms with Gasteiger partial charge in [0.15, 0.2) is 11.5 Å². The third kappa shape index (κ3) is 6.79. The summed E-state index contributed by atoms with van der Waals surface area (Å²) in [7, 11) is 4.40. The second kappa shape index (κ2) is 12.0. The summed E-state index contributed by atoms with van der Waals surface area (Å²) in [5.74, 6) is 0.126. The fraction of sp³-hybridized carbons (Fsp3) is 0.318. The molecule has 0 bridgehead atoms. The fourth-order valence-electron chi connectivity index (χ4n) is 2.58. The van der Waals surface area contributed by atoms with Crippen molar-refractivity contribution >= 4 is 17.7 Å². The second-order valence-corrected chi connectivity index (χ2v) is 6.50. The summed E-state index contributed by atoms with van der Waals surface area (Å²) in [4.78, 5) is 36.6. The van der Waals surface area contributed by atoms with Crippen LogP contribution in [0, 0.1) is 0 Å². The molecule has 0 aliphatic heterocycles. The number of methoxy groups -OCH3 is 3. The first-order valence-electron chi connectivity index (χ1n) is 9.83. The van der Waals surface area contributed by atoms with E-state index in [1.807, 2.05) is 6.92 Å². The highest BCUT2D eigenvalue weighted by Crippen LogP contribution is 2.28. The summed E-state index contributed by atoms with van der Waals surface area (Å²) < 4.78 is 21.0. The van der Waals surface area contributed by atoms with Gasteiger partial charge < -0.3 is 24.3 Å². The quantitative estimate of drug-likeness (QED) is 0.476. The number of amides is 3. The summed E-state index contributed by atoms with van der Waals surface area (Å²) in [5, 5.41) is 2.46. The van der Waals surface area contributed by atoms with Crippen LogP contribution in [0.15, 0.2) is 36.4 Å². The van der Waals surface area contributed by atoms with E-state index in [0.29, 0.717) is 29.6 Å². The van der Waals surface area contributed by atoms with Gasteiger partial charge in [0.2, 0.25) is 0 Å². The van der Waals surface area contributed by atoms with Crippen molar-refractivity contribution in [3.8, 4) is 23.0 Å². The van der Waals surface area contributed by atoms with Crippen molar-refractivity contribution in [2.24, 2.45) is 0 Å². The number of carbonyl (C=O) groups excluding carboxylic acids is 3. The Labute approximate surface area is 186 Å². The standard InChI is InChI=1S/C22H27N3O7/c1-5-8-32-18-7-6-14(11-19(18)31-4)22(28)25-24-20(26)13-23-21(27)15-9-16(29-2)12-17(10-15)30-3/h6-7,9-12H,5,8,13H2,1-4H3,(H,23,27)(H,24,26)(H,25,28). The number of rotatable bonds is 10. The highest BCUT2D eigenvalue weighted by molar-refractivity contribution is 5.98. The van der Waals surface area contributed by atoms with Gasteiger partial charge in [-0.2, -0.15) is 0 Å². The predicted octanol–water partition coefficient (Wildman–Crippen LogP) is 1.69. The van der Waals surface area contributed by atoms with Crippen molar-refractivity contribution < 1.29 is 33.3 Å². The van der Waals surface area contributed by atoms with Crippen LogP contribution in [0.2, 0.25) is 0 Å². The van der Waals surface area contributed by atoms with E-state index in [1.54, 1.807) is 18.2 Å². The zero-order chi connectivity index (χ0) is 23.5. The Kier molecular flexibility index (Phi) is 9.15. The normalized spacial score (nSPS) is 10.0. The lowest BCUT2D eigenvalue weighted by molar-refractivity contribution is -0.120. The number of hydrazine groups is 1. The van der Waals surface area contributed by atoms with E-state index >= 15 is 0 Å². The summed E-state index contributed by atoms with van der Waals surface area (Å²) in [6.07, 6.45) is 0.833. The summed E-state index contributed by atoms with van der Waals surface area (Å²) in [6.45, 7) is 2.14. The molecule has 0 aliphatic rings. The Morgan fingerprint density at radius 2 is 1.47 bits per heavy atom. The largest absolute Gasteiger partial charge is 0.497 e. The molecule has 32 heavy (non-hydrogen) atoms. The Balaban J connectivity index is 1.89. The lowest BCUT2D eigenvalue weighted by atomic mass is 10.2. The molecule has 10 nitrogen and oxygen atoms in total. The first-order chi connectivity index (χ1) is 15.4. The molecule has 0 saturated heterocycles. The van der Waals surface area contributed by atoms with Gasteiger partial charge in [-0.25, -0.2) is 0 Å². The molecule has 0 radical (unpaired) electrons. The van der Waals surface area contributed by atoms with Crippen LogP contribution in [0.25, 0.3) is 0 Å². The van der Waals surface area contributed by atoms with Crippen molar-refractivity contribution in [1.82, 2.24) is 16.2 Å². The molecule has 0 atom stereocenters. The Hall–Kier alpha value is -3.95. The molecule has 2 aromatic rings. The number of benzene rings is 2. The Morgan fingerprint density at radius 3 is 2.06 bits per heavy atom. The van der Waals surface area contributed by atoms with Crippen LogP contribution in [0.5, 0.6) is 23.0 Å². The van der Waals surface area contributed by atoms with E-state index in [2.05, 4.69) is 16.2 Å². The summed E-state index contributed by atoms with van der Waals surface area (Å²) in [5.41, 5.74) is 5.05. The molecule has 2 aromatic carbocycles. The van der Waals surface area contributed by atoms with Crippen molar-refractivity contribution in [3.05, 3.63) is 47.5 Å². The predicted molar refractivity (Wildman–Crippen MR) is 116 cm³/mol. The summed E-state index contributed by atoms with van der Waals surface area (Å²) >= 11 is 0. The molecule has 0 saturated carbocycles. The number of carbonyl (C=O) groups is 3. The number of hydrogen-bond donors (Lipinski definition) is 3. The molecular formula is C22H27N3O7. The SMILES string of the molecule is CCCOc1ccc(C(=O)NNC(=O)CNC(=O)c2cc(OC)cc(OC)c2)cc1OC. The lowest BCUT2D eigenvalue weighted by Gasteiger charge is -2.12. The zero-order valence-electron chi connectivity index (χ0n) is 18.4. The molecular weight excluding hydrogens is 418 g/mol. The van der Waals surface area contributed by atoms with Gasteiger partial charge in [-0.3, -0.25) is 25.2 Å². The smallest absolute Gasteiger partial charge is 0.269 e. The van der Waals surface area contributed by atoms with Crippen LogP contribution < -0.4 is 35.1 Å². The van der Waals surface area contributed by atoms with Gasteiger partial charge in [0.25, 0.3) is 17.7 Å². The van der Waals surface area contributed by atoms with Crippen LogP contribution in [0.1, 0.15) is 34.1 Å². The van der Waals surface area contributed by atoms with E-state index in [1.165, 1.54) is 39.5 Å². The lowest BCUT2D eigenvalue weighted by Crippen LogP contribution is -2.46. The maximum atomic E-state index is 12.3. The van der Waals surface area contributed by atoms with Crippen molar-refractivity contribution in [1.29, 1.82) is 0 Å². The third-order valence-electron chi connectivity index (χ3n) is 4.23. The van der Waals surface area contributed by atoms with E-state index in [4.69, 9.17) is 18.9 Å². The first kappa shape index (κ1) is 24.3. The van der Waals surface area contributed by atoms with Crippen molar-refractivity contribution in [2.45, 2.75) is 13.3 Å². The molecule has 2 rings (SSSR count). The molecule has 0 spiro atoms. The molecule has 0 heterocycles. The molecule has 0 aromatic heterocycles. The number of nitrogens with one attached hydrogen (secondary N) is 3. The molecule has 0 aliphatic carbocycles. The minimum atomic E-state index is -0.614. The van der Waals surface area contributed by atoms with Crippen molar-refractivity contribution in [2.75, 3.05) is 34.5 Å². The van der Waals surface area contributed by atoms with Gasteiger partial charge in [0.1, 0.15) is 11.5 Å². The van der Waals surface area contributed by atoms with Gasteiger partial charge >= 0.3 is 0 Å². The molecule has 10 heteroatoms. The second-order valence-electron chi connectivity index (χ2n) is 6.50. The topological polar surface area (TPSA) is 124 Å². The minimum Gasteiger partial charge on any atom is -0.497 e. The molecule has 0 unspecified atom stereocenters. The molecule has 3 N–H and O–H groups in total. The van der Waals surface area contributed by atoms with Gasteiger partial charge in [-0.1, -0.05) is 6.92 Å². The first-order valence-corrected chi connectivity index (χ1v) is 9.83. The highest BCUT2D eigenvalue weighted by Gasteiger charge is 2.14. The van der Waals surface area contributed by atoms with Crippen LogP contribution in [0.3, 0.4) is 0 Å². The van der Waals surface area contributed by atoms with Gasteiger partial charge in [0.05, 0.1) is 34.5 Å². The molecule has 0 fully saturated rings. The van der Waals surface area contributed by atoms with Gasteiger partial charge in [-0.05, 0) is 36.8 Å². The van der Waals surface area contributed by atoms with Crippen LogP contribution in [-0.2, 0) is 4.79 Å². The zero-order valence-corrected chi connectivity index (χ0v) is 18.4. The van der Waals surface area contributed by atoms with E-state index in [-0.39, 0.29) is 17.7 Å². The van der Waals surface area contributed by atoms with E-state index in [0.717, 1.165) is 6.42 Å². The van der Waals surface area contributed by atoms with Gasteiger partial charge in [-0.15, -0.1) is 0 Å². The van der Waals surface area contributed by atoms with E-state index in [9.17, 15) is 14.4 Å². The number of hydrogen-bond acceptors (Lipinski definition) is 7. The fourth-order valence-corrected chi connectivity index (χ4v) is 2.58. The minimum absolute atomic E-state index is 0.260. The van der Waals surface area contributed by atoms with Crippen LogP contribution in [0.4, 0.5) is 0 Å². The maximum Gasteiger partial charge on any atom is 0.269 e. The average Bonchev–Trinajstić information content (AvgIpc) is 2.83. The molecule has 172 valence electrons. The number of ether oxygens (including phenoxy) is 4. The van der Waals surface area contributed by atoms with E-state index < -0.39 is 17.7 Å². The maximum absolute atomic E-state index is 12.3. The average molecular weight is 445 g/mol. The third-order valence-corrected chi connectivity index (χ3v) is 4.23. The van der Waals surface area contributed by atoms with Crippen LogP contribution >= 0.6 is 0 Å². The monoisotopic (exact) mass is 445 g/mol. The van der Waals surface area contributed by atoms with Crippen LogP contribution in [-0.4, -0.2) is 52.2 Å². The Morgan fingerprint density at radius 1 is 0.781 bits per heavy atom. The van der Waals surface area contributed by atoms with Gasteiger partial charge in [0, 0.05) is 17.2 Å². The molecule has 3 amide bonds.